The zero-order valence-electron chi connectivity index (χ0n) is 19.6. The Balaban J connectivity index is 1.44. The van der Waals surface area contributed by atoms with E-state index in [0.717, 1.165) is 53.6 Å². The summed E-state index contributed by atoms with van der Waals surface area (Å²) in [5.74, 6) is -0.267. The van der Waals surface area contributed by atoms with E-state index in [-0.39, 0.29) is 24.5 Å². The van der Waals surface area contributed by atoms with Crippen molar-refractivity contribution in [2.24, 2.45) is 0 Å². The zero-order chi connectivity index (χ0) is 24.4. The highest BCUT2D eigenvalue weighted by Crippen LogP contribution is 2.29. The normalized spacial score (nSPS) is 19.1. The van der Waals surface area contributed by atoms with Crippen molar-refractivity contribution in [3.05, 3.63) is 71.6 Å². The lowest BCUT2D eigenvalue weighted by molar-refractivity contribution is -0.122. The molecule has 2 aliphatic heterocycles. The van der Waals surface area contributed by atoms with Gasteiger partial charge in [0.1, 0.15) is 12.2 Å². The van der Waals surface area contributed by atoms with Gasteiger partial charge in [0.2, 0.25) is 5.91 Å². The van der Waals surface area contributed by atoms with Crippen molar-refractivity contribution >= 4 is 51.8 Å². The molecule has 0 bridgehead atoms. The number of thiocarbonyl (C=S) groups is 1. The molecule has 5 rings (SSSR count). The molecule has 2 saturated heterocycles. The Morgan fingerprint density at radius 2 is 2.06 bits per heavy atom. The molecule has 180 valence electrons. The first kappa shape index (κ1) is 23.3. The fourth-order valence-corrected chi connectivity index (χ4v) is 5.03. The van der Waals surface area contributed by atoms with E-state index in [2.05, 4.69) is 23.6 Å². The summed E-state index contributed by atoms with van der Waals surface area (Å²) in [6.07, 6.45) is 6.71. The summed E-state index contributed by atoms with van der Waals surface area (Å²) in [5.41, 5.74) is 4.13. The summed E-state index contributed by atoms with van der Waals surface area (Å²) in [6.45, 7) is 3.58. The zero-order valence-corrected chi connectivity index (χ0v) is 20.4. The van der Waals surface area contributed by atoms with Gasteiger partial charge in [0.05, 0.1) is 17.3 Å². The number of hydrogen-bond acceptors (Lipinski definition) is 4. The molecule has 35 heavy (non-hydrogen) atoms. The van der Waals surface area contributed by atoms with Gasteiger partial charge in [-0.25, -0.2) is 0 Å². The summed E-state index contributed by atoms with van der Waals surface area (Å²) in [6, 6.07) is 15.4. The summed E-state index contributed by atoms with van der Waals surface area (Å²) in [5, 5.41) is 7.40. The molecule has 0 saturated carbocycles. The third-order valence-electron chi connectivity index (χ3n) is 6.45. The number of nitrogens with zero attached hydrogens (tertiary/aromatic N) is 2. The number of para-hydroxylation sites is 2. The molecule has 1 atom stereocenters. The molecule has 0 radical (unpaired) electrons. The van der Waals surface area contributed by atoms with Crippen LogP contribution in [0.15, 0.2) is 60.4 Å². The third kappa shape index (κ3) is 4.72. The quantitative estimate of drug-likeness (QED) is 0.391. The number of carbonyl (C=O) groups excluding carboxylic acids is 2. The van der Waals surface area contributed by atoms with Crippen LogP contribution in [0.3, 0.4) is 0 Å². The SMILES string of the molecule is CCc1cccc2c(C=C3NC(=S)N(c4ccccc4)C3=O)cn(CC(=O)NCC3CCCO3)c12. The first-order valence-corrected chi connectivity index (χ1v) is 12.4. The first-order chi connectivity index (χ1) is 17.0. The van der Waals surface area contributed by atoms with Crippen molar-refractivity contribution < 1.29 is 14.3 Å². The van der Waals surface area contributed by atoms with Crippen LogP contribution in [0.5, 0.6) is 0 Å². The molecule has 2 aromatic carbocycles. The van der Waals surface area contributed by atoms with Crippen LogP contribution in [0.2, 0.25) is 0 Å². The first-order valence-electron chi connectivity index (χ1n) is 12.0. The van der Waals surface area contributed by atoms with E-state index in [1.165, 1.54) is 4.90 Å². The van der Waals surface area contributed by atoms with Gasteiger partial charge in [-0.3, -0.25) is 14.5 Å². The number of rotatable bonds is 7. The fourth-order valence-electron chi connectivity index (χ4n) is 4.74. The van der Waals surface area contributed by atoms with Gasteiger partial charge in [-0.05, 0) is 55.3 Å². The van der Waals surface area contributed by atoms with E-state index in [0.29, 0.717) is 17.4 Å². The monoisotopic (exact) mass is 488 g/mol. The second-order valence-electron chi connectivity index (χ2n) is 8.78. The molecule has 2 N–H and O–H groups in total. The lowest BCUT2D eigenvalue weighted by Gasteiger charge is -2.13. The molecule has 3 heterocycles. The lowest BCUT2D eigenvalue weighted by Crippen LogP contribution is -2.34. The number of carbonyl (C=O) groups is 2. The number of hydrogen-bond donors (Lipinski definition) is 2. The fraction of sp³-hybridized carbons (Fsp3) is 0.296. The van der Waals surface area contributed by atoms with Crippen molar-refractivity contribution in [3.63, 3.8) is 0 Å². The van der Waals surface area contributed by atoms with Gasteiger partial charge in [-0.15, -0.1) is 0 Å². The largest absolute Gasteiger partial charge is 0.376 e. The number of benzene rings is 2. The van der Waals surface area contributed by atoms with Crippen molar-refractivity contribution in [1.82, 2.24) is 15.2 Å². The maximum absolute atomic E-state index is 13.2. The maximum Gasteiger partial charge on any atom is 0.281 e. The van der Waals surface area contributed by atoms with Gasteiger partial charge in [-0.2, -0.15) is 0 Å². The molecule has 8 heteroatoms. The van der Waals surface area contributed by atoms with Crippen molar-refractivity contribution in [2.75, 3.05) is 18.1 Å². The van der Waals surface area contributed by atoms with Crippen LogP contribution in [0, 0.1) is 0 Å². The van der Waals surface area contributed by atoms with Crippen LogP contribution in [0.4, 0.5) is 5.69 Å². The highest BCUT2D eigenvalue weighted by molar-refractivity contribution is 7.80. The molecule has 2 aliphatic rings. The Morgan fingerprint density at radius 3 is 2.80 bits per heavy atom. The number of nitrogens with one attached hydrogen (secondary N) is 2. The molecular formula is C27H28N4O3S. The van der Waals surface area contributed by atoms with Crippen LogP contribution >= 0.6 is 12.2 Å². The van der Waals surface area contributed by atoms with Crippen LogP contribution in [0.25, 0.3) is 17.0 Å². The van der Waals surface area contributed by atoms with Gasteiger partial charge in [0.25, 0.3) is 5.91 Å². The van der Waals surface area contributed by atoms with Crippen molar-refractivity contribution in [3.8, 4) is 0 Å². The van der Waals surface area contributed by atoms with Gasteiger partial charge in [0, 0.05) is 30.3 Å². The number of aromatic nitrogens is 1. The van der Waals surface area contributed by atoms with Gasteiger partial charge in [0.15, 0.2) is 5.11 Å². The van der Waals surface area contributed by atoms with Crippen LogP contribution in [-0.4, -0.2) is 40.7 Å². The Morgan fingerprint density at radius 1 is 1.23 bits per heavy atom. The summed E-state index contributed by atoms with van der Waals surface area (Å²) in [7, 11) is 0. The predicted molar refractivity (Wildman–Crippen MR) is 141 cm³/mol. The Hall–Kier alpha value is -3.49. The van der Waals surface area contributed by atoms with Gasteiger partial charge in [-0.1, -0.05) is 43.3 Å². The average molecular weight is 489 g/mol. The number of amides is 2. The minimum Gasteiger partial charge on any atom is -0.376 e. The molecule has 1 aromatic heterocycles. The Kier molecular flexibility index (Phi) is 6.66. The minimum absolute atomic E-state index is 0.0611. The topological polar surface area (TPSA) is 75.6 Å². The molecule has 2 amide bonds. The average Bonchev–Trinajstić information content (AvgIpc) is 3.57. The van der Waals surface area contributed by atoms with E-state index < -0.39 is 0 Å². The second kappa shape index (κ2) is 10.0. The van der Waals surface area contributed by atoms with Gasteiger partial charge < -0.3 is 19.9 Å². The van der Waals surface area contributed by atoms with Crippen molar-refractivity contribution in [2.45, 2.75) is 38.8 Å². The van der Waals surface area contributed by atoms with E-state index in [9.17, 15) is 9.59 Å². The number of ether oxygens (including phenoxy) is 1. The minimum atomic E-state index is -0.206. The van der Waals surface area contributed by atoms with E-state index >= 15 is 0 Å². The van der Waals surface area contributed by atoms with E-state index in [1.54, 1.807) is 0 Å². The summed E-state index contributed by atoms with van der Waals surface area (Å²) >= 11 is 5.45. The van der Waals surface area contributed by atoms with Gasteiger partial charge >= 0.3 is 0 Å². The van der Waals surface area contributed by atoms with Crippen LogP contribution in [0.1, 0.15) is 30.9 Å². The van der Waals surface area contributed by atoms with E-state index in [1.807, 2.05) is 59.3 Å². The molecular weight excluding hydrogens is 460 g/mol. The molecule has 0 spiro atoms. The smallest absolute Gasteiger partial charge is 0.281 e. The standard InChI is InChI=1S/C27H28N4O3S/c1-2-18-8-6-12-22-19(14-23-26(33)31(27(35)29-23)20-9-4-3-5-10-20)16-30(25(18)22)17-24(32)28-15-21-11-7-13-34-21/h3-6,8-10,12,14,16,21H,2,7,11,13,15,17H2,1H3,(H,28,32)(H,29,35). The number of anilines is 1. The number of aryl methyl sites for hydroxylation is 1. The van der Waals surface area contributed by atoms with Crippen LogP contribution in [-0.2, 0) is 27.3 Å². The molecule has 0 aliphatic carbocycles. The molecule has 3 aromatic rings. The number of fused-ring (bicyclic) bond motifs is 1. The molecule has 2 fully saturated rings. The Labute approximate surface area is 209 Å². The highest BCUT2D eigenvalue weighted by atomic mass is 32.1. The highest BCUT2D eigenvalue weighted by Gasteiger charge is 2.32. The predicted octanol–water partition coefficient (Wildman–Crippen LogP) is 3.76. The van der Waals surface area contributed by atoms with Crippen molar-refractivity contribution in [1.29, 1.82) is 0 Å². The molecule has 1 unspecified atom stereocenters. The summed E-state index contributed by atoms with van der Waals surface area (Å²) in [4.78, 5) is 27.5. The summed E-state index contributed by atoms with van der Waals surface area (Å²) < 4.78 is 7.59. The van der Waals surface area contributed by atoms with E-state index in [4.69, 9.17) is 17.0 Å². The molecule has 7 nitrogen and oxygen atoms in total. The second-order valence-corrected chi connectivity index (χ2v) is 9.17. The van der Waals surface area contributed by atoms with Crippen LogP contribution < -0.4 is 15.5 Å². The lowest BCUT2D eigenvalue weighted by atomic mass is 10.1. The maximum atomic E-state index is 13.2. The Bertz CT molecular complexity index is 1310. The third-order valence-corrected chi connectivity index (χ3v) is 6.74.